The van der Waals surface area contributed by atoms with E-state index < -0.39 is 12.1 Å². The summed E-state index contributed by atoms with van der Waals surface area (Å²) in [7, 11) is 0. The van der Waals surface area contributed by atoms with Gasteiger partial charge in [0.15, 0.2) is 0 Å². The van der Waals surface area contributed by atoms with Crippen LogP contribution in [0.15, 0.2) is 12.2 Å². The van der Waals surface area contributed by atoms with Crippen LogP contribution >= 0.6 is 0 Å². The Balaban J connectivity index is 3.44. The minimum absolute atomic E-state index is 0.0111. The van der Waals surface area contributed by atoms with Crippen molar-refractivity contribution in [2.45, 2.75) is 302 Å². The highest BCUT2D eigenvalue weighted by molar-refractivity contribution is 5.76. The molecule has 350 valence electrons. The summed E-state index contributed by atoms with van der Waals surface area (Å²) in [5.74, 6) is -0.0555. The number of esters is 1. The lowest BCUT2D eigenvalue weighted by Gasteiger charge is -2.22. The van der Waals surface area contributed by atoms with Crippen LogP contribution in [0.1, 0.15) is 290 Å². The lowest BCUT2D eigenvalue weighted by atomic mass is 10.0. The Kier molecular flexibility index (Phi) is 48.1. The molecule has 0 aliphatic heterocycles. The Hall–Kier alpha value is -1.40. The first-order valence-corrected chi connectivity index (χ1v) is 26.4. The fourth-order valence-corrected chi connectivity index (χ4v) is 8.22. The molecule has 6 heteroatoms. The predicted octanol–water partition coefficient (Wildman–Crippen LogP) is 15.7. The molecule has 0 aromatic heterocycles. The second kappa shape index (κ2) is 49.3. The number of allylic oxidation sites excluding steroid dienone is 2. The van der Waals surface area contributed by atoms with Crippen LogP contribution in [0.4, 0.5) is 0 Å². The minimum atomic E-state index is -0.670. The number of hydrogen-bond donors (Lipinski definition) is 3. The van der Waals surface area contributed by atoms with Gasteiger partial charge in [-0.25, -0.2) is 0 Å². The summed E-state index contributed by atoms with van der Waals surface area (Å²) < 4.78 is 5.45. The number of carbonyl (C=O) groups excluding carboxylic acids is 2. The van der Waals surface area contributed by atoms with E-state index in [4.69, 9.17) is 4.74 Å². The van der Waals surface area contributed by atoms with Crippen molar-refractivity contribution in [3.05, 3.63) is 12.2 Å². The Labute approximate surface area is 368 Å². The average molecular weight is 834 g/mol. The molecule has 0 radical (unpaired) electrons. The van der Waals surface area contributed by atoms with E-state index in [1.807, 2.05) is 0 Å². The van der Waals surface area contributed by atoms with Crippen LogP contribution in [0.5, 0.6) is 0 Å². The maximum atomic E-state index is 12.5. The van der Waals surface area contributed by atoms with Crippen LogP contribution in [0.3, 0.4) is 0 Å². The number of nitrogens with one attached hydrogen (secondary N) is 1. The number of rotatable bonds is 49. The van der Waals surface area contributed by atoms with Crippen LogP contribution in [-0.2, 0) is 14.3 Å². The maximum Gasteiger partial charge on any atom is 0.305 e. The Morgan fingerprint density at radius 3 is 1.22 bits per heavy atom. The van der Waals surface area contributed by atoms with Gasteiger partial charge in [-0.15, -0.1) is 0 Å². The zero-order valence-corrected chi connectivity index (χ0v) is 39.7. The summed E-state index contributed by atoms with van der Waals surface area (Å²) in [5, 5.41) is 23.2. The Bertz CT molecular complexity index is 878. The number of amides is 1. The fourth-order valence-electron chi connectivity index (χ4n) is 8.22. The summed E-state index contributed by atoms with van der Waals surface area (Å²) in [4.78, 5) is 24.5. The normalized spacial score (nSPS) is 12.7. The number of aliphatic hydroxyl groups excluding tert-OH is 2. The van der Waals surface area contributed by atoms with E-state index in [-0.39, 0.29) is 18.5 Å². The van der Waals surface area contributed by atoms with Crippen molar-refractivity contribution in [1.29, 1.82) is 0 Å². The van der Waals surface area contributed by atoms with Crippen molar-refractivity contribution < 1.29 is 24.5 Å². The molecule has 0 aromatic rings. The van der Waals surface area contributed by atoms with Crippen molar-refractivity contribution in [1.82, 2.24) is 5.32 Å². The Morgan fingerprint density at radius 2 is 0.797 bits per heavy atom. The second-order valence-electron chi connectivity index (χ2n) is 18.2. The molecule has 0 aliphatic rings. The maximum absolute atomic E-state index is 12.5. The second-order valence-corrected chi connectivity index (χ2v) is 18.2. The zero-order valence-electron chi connectivity index (χ0n) is 39.7. The topological polar surface area (TPSA) is 95.9 Å². The van der Waals surface area contributed by atoms with Crippen molar-refractivity contribution in [3.63, 3.8) is 0 Å². The standard InChI is InChI=1S/C53H103NO5/c1-3-5-7-9-11-13-15-17-18-22-25-29-33-37-41-45-51(56)50(49-55)54-52(57)46-42-38-34-30-26-23-19-20-24-28-32-36-40-44-48-59-53(58)47-43-39-35-31-27-21-16-14-12-10-8-6-4-2/h14,16,50-51,55-56H,3-13,15,17-49H2,1-2H3,(H,54,57)/b16-14-. The largest absolute Gasteiger partial charge is 0.466 e. The van der Waals surface area contributed by atoms with Gasteiger partial charge >= 0.3 is 5.97 Å². The number of aliphatic hydroxyl groups is 2. The first-order chi connectivity index (χ1) is 29.0. The number of unbranched alkanes of at least 4 members (excludes halogenated alkanes) is 36. The smallest absolute Gasteiger partial charge is 0.305 e. The van der Waals surface area contributed by atoms with E-state index in [9.17, 15) is 19.8 Å². The van der Waals surface area contributed by atoms with Crippen molar-refractivity contribution in [3.8, 4) is 0 Å². The predicted molar refractivity (Wildman–Crippen MR) is 255 cm³/mol. The first-order valence-electron chi connectivity index (χ1n) is 26.4. The molecule has 0 saturated heterocycles. The van der Waals surface area contributed by atoms with Crippen LogP contribution in [-0.4, -0.2) is 47.4 Å². The zero-order chi connectivity index (χ0) is 43.0. The van der Waals surface area contributed by atoms with Crippen LogP contribution in [0, 0.1) is 0 Å². The molecule has 0 spiro atoms. The third-order valence-corrected chi connectivity index (χ3v) is 12.3. The summed E-state index contributed by atoms with van der Waals surface area (Å²) in [5.41, 5.74) is 0. The lowest BCUT2D eigenvalue weighted by molar-refractivity contribution is -0.143. The minimum Gasteiger partial charge on any atom is -0.466 e. The summed E-state index contributed by atoms with van der Waals surface area (Å²) in [6.07, 6.45) is 56.0. The molecule has 0 saturated carbocycles. The van der Waals surface area contributed by atoms with E-state index in [1.165, 1.54) is 205 Å². The highest BCUT2D eigenvalue weighted by Gasteiger charge is 2.20. The van der Waals surface area contributed by atoms with Gasteiger partial charge in [0.25, 0.3) is 0 Å². The average Bonchev–Trinajstić information content (AvgIpc) is 3.24. The third-order valence-electron chi connectivity index (χ3n) is 12.3. The molecule has 2 unspecified atom stereocenters. The molecule has 3 N–H and O–H groups in total. The van der Waals surface area contributed by atoms with Gasteiger partial charge in [-0.2, -0.15) is 0 Å². The van der Waals surface area contributed by atoms with Gasteiger partial charge in [0.2, 0.25) is 5.91 Å². The summed E-state index contributed by atoms with van der Waals surface area (Å²) in [6.45, 7) is 4.92. The molecule has 2 atom stereocenters. The van der Waals surface area contributed by atoms with Gasteiger partial charge in [0, 0.05) is 12.8 Å². The molecule has 59 heavy (non-hydrogen) atoms. The molecule has 0 aromatic carbocycles. The Morgan fingerprint density at radius 1 is 0.458 bits per heavy atom. The molecule has 0 fully saturated rings. The quantitative estimate of drug-likeness (QED) is 0.0322. The number of ether oxygens (including phenoxy) is 1. The first kappa shape index (κ1) is 57.6. The van der Waals surface area contributed by atoms with Crippen molar-refractivity contribution >= 4 is 11.9 Å². The molecule has 0 aliphatic carbocycles. The molecular formula is C53H103NO5. The van der Waals surface area contributed by atoms with Crippen LogP contribution < -0.4 is 5.32 Å². The van der Waals surface area contributed by atoms with Gasteiger partial charge in [0.05, 0.1) is 25.4 Å². The number of carbonyl (C=O) groups is 2. The van der Waals surface area contributed by atoms with E-state index in [2.05, 4.69) is 31.3 Å². The highest BCUT2D eigenvalue weighted by atomic mass is 16.5. The molecular weight excluding hydrogens is 731 g/mol. The van der Waals surface area contributed by atoms with Crippen molar-refractivity contribution in [2.75, 3.05) is 13.2 Å². The van der Waals surface area contributed by atoms with E-state index in [1.54, 1.807) is 0 Å². The summed E-state index contributed by atoms with van der Waals surface area (Å²) in [6, 6.07) is -0.548. The van der Waals surface area contributed by atoms with E-state index >= 15 is 0 Å². The molecule has 0 bridgehead atoms. The molecule has 1 amide bonds. The summed E-state index contributed by atoms with van der Waals surface area (Å²) >= 11 is 0. The van der Waals surface area contributed by atoms with Gasteiger partial charge < -0.3 is 20.3 Å². The molecule has 0 rings (SSSR count). The third kappa shape index (κ3) is 45.9. The molecule has 0 heterocycles. The highest BCUT2D eigenvalue weighted by Crippen LogP contribution is 2.17. The molecule has 6 nitrogen and oxygen atoms in total. The number of hydrogen-bond acceptors (Lipinski definition) is 5. The van der Waals surface area contributed by atoms with Crippen LogP contribution in [0.2, 0.25) is 0 Å². The van der Waals surface area contributed by atoms with Gasteiger partial charge in [0.1, 0.15) is 0 Å². The fraction of sp³-hybridized carbons (Fsp3) is 0.925. The van der Waals surface area contributed by atoms with Gasteiger partial charge in [-0.3, -0.25) is 9.59 Å². The van der Waals surface area contributed by atoms with Crippen LogP contribution in [0.25, 0.3) is 0 Å². The monoisotopic (exact) mass is 834 g/mol. The van der Waals surface area contributed by atoms with E-state index in [0.717, 1.165) is 51.4 Å². The SMILES string of the molecule is CCCCCC/C=C\CCCCCCCC(=O)OCCCCCCCCCCCCCCCCC(=O)NC(CO)C(O)CCCCCCCCCCCCCCCCC. The lowest BCUT2D eigenvalue weighted by Crippen LogP contribution is -2.45. The van der Waals surface area contributed by atoms with Gasteiger partial charge in [-0.05, 0) is 51.4 Å². The van der Waals surface area contributed by atoms with Crippen molar-refractivity contribution in [2.24, 2.45) is 0 Å². The van der Waals surface area contributed by atoms with Gasteiger partial charge in [-0.1, -0.05) is 238 Å². The van der Waals surface area contributed by atoms with E-state index in [0.29, 0.717) is 25.9 Å².